The van der Waals surface area contributed by atoms with Gasteiger partial charge in [0.15, 0.2) is 0 Å². The van der Waals surface area contributed by atoms with Gasteiger partial charge in [-0.3, -0.25) is 0 Å². The molecular formula is C35H49NO5Si. The van der Waals surface area contributed by atoms with Crippen LogP contribution in [0.5, 0.6) is 0 Å². The average molecular weight is 592 g/mol. The number of methoxy groups -OCH3 is 1. The highest BCUT2D eigenvalue weighted by Crippen LogP contribution is 2.40. The second kappa shape index (κ2) is 14.9. The van der Waals surface area contributed by atoms with Crippen molar-refractivity contribution in [3.63, 3.8) is 0 Å². The number of hydrogen-bond acceptors (Lipinski definition) is 6. The van der Waals surface area contributed by atoms with E-state index < -0.39 is 8.32 Å². The van der Waals surface area contributed by atoms with Gasteiger partial charge in [-0.15, -0.1) is 0 Å². The van der Waals surface area contributed by atoms with Crippen LogP contribution in [0.1, 0.15) is 79.1 Å². The monoisotopic (exact) mass is 591 g/mol. The minimum Gasteiger partial charge on any atom is -0.404 e. The molecule has 0 aliphatic carbocycles. The van der Waals surface area contributed by atoms with Crippen LogP contribution >= 0.6 is 0 Å². The molecule has 2 aromatic rings. The lowest BCUT2D eigenvalue weighted by molar-refractivity contribution is -0.129. The topological polar surface area (TPSA) is 77.8 Å². The van der Waals surface area contributed by atoms with Crippen molar-refractivity contribution in [1.82, 2.24) is 0 Å². The summed E-state index contributed by atoms with van der Waals surface area (Å²) in [6.07, 6.45) is 6.33. The molecule has 0 spiro atoms. The predicted molar refractivity (Wildman–Crippen MR) is 168 cm³/mol. The van der Waals surface area contributed by atoms with Gasteiger partial charge in [0.05, 0.1) is 49.1 Å². The van der Waals surface area contributed by atoms with E-state index >= 15 is 0 Å². The Kier molecular flexibility index (Phi) is 11.6. The maximum atomic E-state index is 11.1. The summed E-state index contributed by atoms with van der Waals surface area (Å²) < 4.78 is 26.3. The zero-order chi connectivity index (χ0) is 30.2. The Morgan fingerprint density at radius 3 is 2.12 bits per heavy atom. The second-order valence-corrected chi connectivity index (χ2v) is 17.5. The maximum Gasteiger partial charge on any atom is 0.261 e. The molecule has 2 heterocycles. The highest BCUT2D eigenvalue weighted by atomic mass is 28.4. The quantitative estimate of drug-likeness (QED) is 0.224. The molecule has 2 fully saturated rings. The van der Waals surface area contributed by atoms with Crippen LogP contribution in [0.3, 0.4) is 0 Å². The molecule has 2 aliphatic heterocycles. The van der Waals surface area contributed by atoms with Crippen LogP contribution in [0.2, 0.25) is 5.04 Å². The molecule has 2 aliphatic rings. The van der Waals surface area contributed by atoms with Gasteiger partial charge in [-0.05, 0) is 53.4 Å². The molecule has 4 rings (SSSR count). The molecule has 0 saturated carbocycles. The minimum absolute atomic E-state index is 0.00335. The Morgan fingerprint density at radius 1 is 0.952 bits per heavy atom. The molecule has 228 valence electrons. The van der Waals surface area contributed by atoms with E-state index in [-0.39, 0.29) is 41.7 Å². The lowest BCUT2D eigenvalue weighted by atomic mass is 9.87. The first kappa shape index (κ1) is 32.6. The Bertz CT molecular complexity index is 1110. The highest BCUT2D eigenvalue weighted by Gasteiger charge is 2.52. The van der Waals surface area contributed by atoms with Gasteiger partial charge in [0.1, 0.15) is 6.29 Å². The number of carbonyl (C=O) groups is 1. The molecule has 0 aromatic heterocycles. The molecule has 2 aromatic carbocycles. The predicted octanol–water partition coefficient (Wildman–Crippen LogP) is 5.96. The molecule has 0 N–H and O–H groups in total. The Hall–Kier alpha value is -2.34. The van der Waals surface area contributed by atoms with Gasteiger partial charge < -0.3 is 23.4 Å². The molecule has 42 heavy (non-hydrogen) atoms. The number of hydrogen-bond donors (Lipinski definition) is 0. The number of nitrogens with zero attached hydrogens (tertiary/aromatic N) is 1. The zero-order valence-corrected chi connectivity index (χ0v) is 27.0. The smallest absolute Gasteiger partial charge is 0.261 e. The summed E-state index contributed by atoms with van der Waals surface area (Å²) in [5, 5.41) is 12.0. The van der Waals surface area contributed by atoms with Gasteiger partial charge in [-0.1, -0.05) is 88.4 Å². The van der Waals surface area contributed by atoms with Gasteiger partial charge in [-0.25, -0.2) is 0 Å². The molecule has 7 atom stereocenters. The first-order valence-corrected chi connectivity index (χ1v) is 17.5. The van der Waals surface area contributed by atoms with E-state index in [0.717, 1.165) is 32.0 Å². The Morgan fingerprint density at radius 2 is 1.57 bits per heavy atom. The van der Waals surface area contributed by atoms with Crippen LogP contribution in [0.4, 0.5) is 0 Å². The fourth-order valence-corrected chi connectivity index (χ4v) is 11.7. The average Bonchev–Trinajstić information content (AvgIpc) is 2.97. The number of carbonyl (C=O) groups excluding carboxylic acids is 1. The van der Waals surface area contributed by atoms with Crippen molar-refractivity contribution in [2.45, 2.75) is 121 Å². The summed E-state index contributed by atoms with van der Waals surface area (Å²) in [4.78, 5) is 11.1. The second-order valence-electron chi connectivity index (χ2n) is 13.2. The van der Waals surface area contributed by atoms with E-state index in [1.54, 1.807) is 7.11 Å². The van der Waals surface area contributed by atoms with Crippen molar-refractivity contribution >= 4 is 25.0 Å². The first-order chi connectivity index (χ1) is 20.2. The molecule has 0 unspecified atom stereocenters. The number of benzene rings is 2. The third kappa shape index (κ3) is 7.78. The van der Waals surface area contributed by atoms with E-state index in [1.807, 2.05) is 0 Å². The van der Waals surface area contributed by atoms with Crippen LogP contribution in [-0.4, -0.2) is 58.3 Å². The van der Waals surface area contributed by atoms with Crippen LogP contribution in [0.25, 0.3) is 0 Å². The van der Waals surface area contributed by atoms with E-state index in [0.29, 0.717) is 31.6 Å². The van der Waals surface area contributed by atoms with Gasteiger partial charge in [0.2, 0.25) is 0 Å². The Balaban J connectivity index is 1.58. The largest absolute Gasteiger partial charge is 0.404 e. The molecule has 0 bridgehead atoms. The van der Waals surface area contributed by atoms with Gasteiger partial charge in [0, 0.05) is 20.0 Å². The molecule has 2 saturated heterocycles. The molecular weight excluding hydrogens is 542 g/mol. The lowest BCUT2D eigenvalue weighted by Gasteiger charge is -2.47. The summed E-state index contributed by atoms with van der Waals surface area (Å²) in [5.74, 6) is 0.412. The minimum atomic E-state index is -2.75. The molecule has 7 heteroatoms. The van der Waals surface area contributed by atoms with Crippen LogP contribution < -0.4 is 10.4 Å². The Labute approximate surface area is 253 Å². The van der Waals surface area contributed by atoms with Gasteiger partial charge >= 0.3 is 0 Å². The summed E-state index contributed by atoms with van der Waals surface area (Å²) >= 11 is 0. The summed E-state index contributed by atoms with van der Waals surface area (Å²) in [6.45, 7) is 9.12. The maximum absolute atomic E-state index is 11.1. The zero-order valence-electron chi connectivity index (χ0n) is 26.0. The number of rotatable bonds is 12. The van der Waals surface area contributed by atoms with E-state index in [4.69, 9.17) is 18.6 Å². The van der Waals surface area contributed by atoms with Crippen molar-refractivity contribution < 1.29 is 23.4 Å². The summed E-state index contributed by atoms with van der Waals surface area (Å²) in [5.41, 5.74) is 0. The van der Waals surface area contributed by atoms with Crippen LogP contribution in [-0.2, 0) is 23.4 Å². The van der Waals surface area contributed by atoms with Crippen molar-refractivity contribution in [2.24, 2.45) is 5.92 Å². The standard InChI is InChI=1S/C35H49NO5Si/c1-26-16-17-27(19-21-37)40-34(26)25-29(38-5)23-30-24-31(22-28(39-30)18-20-36)41-42(35(2,3)4,32-12-8-6-9-13-32)33-14-10-7-11-15-33/h6-15,21,26-31,34H,16-19,22-25H2,1-5H3/t26-,27-,28-,29-,30+,31-,34+/m0/s1. The SMILES string of the molecule is CO[C@@H](C[C@@H]1C[C@@H](O[Si](c2ccccc2)(c2ccccc2)C(C)(C)C)C[C@H](CC#N)O1)C[C@H]1O[C@H](CC=O)CC[C@@H]1C. The van der Waals surface area contributed by atoms with Gasteiger partial charge in [-0.2, -0.15) is 5.26 Å². The summed E-state index contributed by atoms with van der Waals surface area (Å²) in [6, 6.07) is 23.8. The third-order valence-corrected chi connectivity index (χ3v) is 14.3. The third-order valence-electron chi connectivity index (χ3n) is 9.18. The van der Waals surface area contributed by atoms with Crippen molar-refractivity contribution in [3.8, 4) is 6.07 Å². The van der Waals surface area contributed by atoms with Crippen molar-refractivity contribution in [1.29, 1.82) is 5.26 Å². The van der Waals surface area contributed by atoms with E-state index in [1.165, 1.54) is 10.4 Å². The number of aldehydes is 1. The van der Waals surface area contributed by atoms with Crippen molar-refractivity contribution in [2.75, 3.05) is 7.11 Å². The number of ether oxygens (including phenoxy) is 3. The molecule has 0 radical (unpaired) electrons. The van der Waals surface area contributed by atoms with Crippen LogP contribution in [0.15, 0.2) is 60.7 Å². The van der Waals surface area contributed by atoms with Crippen molar-refractivity contribution in [3.05, 3.63) is 60.7 Å². The number of nitriles is 1. The van der Waals surface area contributed by atoms with E-state index in [9.17, 15) is 10.1 Å². The van der Waals surface area contributed by atoms with E-state index in [2.05, 4.69) is 94.4 Å². The first-order valence-electron chi connectivity index (χ1n) is 15.6. The highest BCUT2D eigenvalue weighted by molar-refractivity contribution is 6.99. The molecule has 0 amide bonds. The summed E-state index contributed by atoms with van der Waals surface area (Å²) in [7, 11) is -0.988. The molecule has 6 nitrogen and oxygen atoms in total. The lowest BCUT2D eigenvalue weighted by Crippen LogP contribution is -2.68. The normalized spacial score (nSPS) is 27.6. The fraction of sp³-hybridized carbons (Fsp3) is 0.600. The fourth-order valence-electron chi connectivity index (χ4n) is 6.98. The van der Waals surface area contributed by atoms with Crippen LogP contribution in [0, 0.1) is 17.2 Å². The van der Waals surface area contributed by atoms with Gasteiger partial charge in [0.25, 0.3) is 8.32 Å².